The summed E-state index contributed by atoms with van der Waals surface area (Å²) in [6.07, 6.45) is 2.83. The number of carbonyl (C=O) groups is 1. The van der Waals surface area contributed by atoms with Crippen LogP contribution in [0.3, 0.4) is 0 Å². The number of anilines is 1. The number of carboxylic acid groups (broad SMARTS) is 1. The summed E-state index contributed by atoms with van der Waals surface area (Å²) >= 11 is 0. The molecule has 3 aliphatic heterocycles. The quantitative estimate of drug-likeness (QED) is 0.679. The van der Waals surface area contributed by atoms with Crippen LogP contribution in [0.4, 0.5) is 18.9 Å². The Hall–Kier alpha value is -3.69. The van der Waals surface area contributed by atoms with E-state index in [1.54, 1.807) is 6.20 Å². The zero-order chi connectivity index (χ0) is 24.6. The van der Waals surface area contributed by atoms with Crippen LogP contribution in [0.5, 0.6) is 0 Å². The lowest BCUT2D eigenvalue weighted by atomic mass is 9.97. The summed E-state index contributed by atoms with van der Waals surface area (Å²) in [6, 6.07) is 7.40. The lowest BCUT2D eigenvalue weighted by Crippen LogP contribution is -2.42. The first-order valence-corrected chi connectivity index (χ1v) is 11.5. The molecule has 0 saturated carbocycles. The number of nitrogens with one attached hydrogen (secondary N) is 1. The number of aromatic nitrogens is 1. The SMILES string of the molecule is O=C(O)C1CCCN(C2=NCC(c3ccc(C4=NCc5cc(C(F)(F)F)ccc5N4)cn3)C=C2)C1. The summed E-state index contributed by atoms with van der Waals surface area (Å²) in [4.78, 5) is 27.0. The Balaban J connectivity index is 1.23. The molecule has 35 heavy (non-hydrogen) atoms. The van der Waals surface area contributed by atoms with Crippen LogP contribution in [0.2, 0.25) is 0 Å². The number of alkyl halides is 3. The van der Waals surface area contributed by atoms with Gasteiger partial charge in [0.1, 0.15) is 11.7 Å². The van der Waals surface area contributed by atoms with Crippen molar-refractivity contribution in [2.75, 3.05) is 25.0 Å². The van der Waals surface area contributed by atoms with Gasteiger partial charge in [0.05, 0.1) is 24.6 Å². The number of aliphatic carboxylic acids is 1. The molecule has 1 fully saturated rings. The van der Waals surface area contributed by atoms with Crippen molar-refractivity contribution >= 4 is 23.3 Å². The lowest BCUT2D eigenvalue weighted by Gasteiger charge is -2.33. The number of fused-ring (bicyclic) bond motifs is 1. The molecule has 3 aliphatic rings. The van der Waals surface area contributed by atoms with Gasteiger partial charge in [-0.15, -0.1) is 0 Å². The van der Waals surface area contributed by atoms with Gasteiger partial charge in [-0.25, -0.2) is 0 Å². The topological polar surface area (TPSA) is 90.2 Å². The fourth-order valence-corrected chi connectivity index (χ4v) is 4.57. The van der Waals surface area contributed by atoms with Crippen molar-refractivity contribution in [3.8, 4) is 0 Å². The molecule has 4 heterocycles. The number of hydrogen-bond acceptors (Lipinski definition) is 6. The second-order valence-corrected chi connectivity index (χ2v) is 8.92. The number of dihydropyridines is 1. The standard InChI is InChI=1S/C25H24F3N5O2/c26-25(27,28)19-5-7-21-18(10-19)13-31-23(32-21)16-3-6-20(29-12-16)15-4-8-22(30-11-15)33-9-1-2-17(14-33)24(34)35/h3-8,10,12,15,17H,1-2,9,11,13-14H2,(H,31,32)(H,34,35). The highest BCUT2D eigenvalue weighted by Crippen LogP contribution is 2.33. The average Bonchev–Trinajstić information content (AvgIpc) is 2.88. The van der Waals surface area contributed by atoms with Gasteiger partial charge >= 0.3 is 12.1 Å². The molecule has 182 valence electrons. The molecular formula is C25H24F3N5O2. The van der Waals surface area contributed by atoms with E-state index in [9.17, 15) is 23.1 Å². The second kappa shape index (κ2) is 9.16. The van der Waals surface area contributed by atoms with Crippen LogP contribution >= 0.6 is 0 Å². The fraction of sp³-hybridized carbons (Fsp3) is 0.360. The van der Waals surface area contributed by atoms with Crippen LogP contribution in [-0.2, 0) is 17.5 Å². The van der Waals surface area contributed by atoms with Gasteiger partial charge in [0.2, 0.25) is 0 Å². The van der Waals surface area contributed by atoms with Gasteiger partial charge in [-0.1, -0.05) is 6.08 Å². The molecular weight excluding hydrogens is 459 g/mol. The Morgan fingerprint density at radius 2 is 2.03 bits per heavy atom. The van der Waals surface area contributed by atoms with Gasteiger partial charge in [-0.3, -0.25) is 19.8 Å². The van der Waals surface area contributed by atoms with Crippen molar-refractivity contribution in [3.63, 3.8) is 0 Å². The number of halogens is 3. The first-order chi connectivity index (χ1) is 16.8. The van der Waals surface area contributed by atoms with Gasteiger partial charge in [0, 0.05) is 42.1 Å². The molecule has 0 bridgehead atoms. The van der Waals surface area contributed by atoms with Gasteiger partial charge in [0.25, 0.3) is 0 Å². The summed E-state index contributed by atoms with van der Waals surface area (Å²) in [5.41, 5.74) is 2.01. The molecule has 7 nitrogen and oxygen atoms in total. The van der Waals surface area contributed by atoms with Crippen molar-refractivity contribution in [2.24, 2.45) is 15.9 Å². The van der Waals surface area contributed by atoms with E-state index >= 15 is 0 Å². The zero-order valence-electron chi connectivity index (χ0n) is 18.8. The molecule has 1 aromatic carbocycles. The second-order valence-electron chi connectivity index (χ2n) is 8.92. The maximum absolute atomic E-state index is 13.0. The van der Waals surface area contributed by atoms with Crippen molar-refractivity contribution in [1.82, 2.24) is 9.88 Å². The highest BCUT2D eigenvalue weighted by molar-refractivity contribution is 6.09. The molecule has 2 unspecified atom stereocenters. The molecule has 0 spiro atoms. The lowest BCUT2D eigenvalue weighted by molar-refractivity contribution is -0.143. The summed E-state index contributed by atoms with van der Waals surface area (Å²) in [5, 5.41) is 12.4. The number of nitrogens with zero attached hydrogens (tertiary/aromatic N) is 4. The number of piperidine rings is 1. The molecule has 2 N–H and O–H groups in total. The molecule has 2 aromatic rings. The summed E-state index contributed by atoms with van der Waals surface area (Å²) in [7, 11) is 0. The van der Waals surface area contributed by atoms with E-state index in [4.69, 9.17) is 0 Å². The largest absolute Gasteiger partial charge is 0.481 e. The molecule has 5 rings (SSSR count). The Kier molecular flexibility index (Phi) is 6.04. The molecule has 10 heteroatoms. The number of rotatable bonds is 3. The maximum Gasteiger partial charge on any atom is 0.416 e. The predicted octanol–water partition coefficient (Wildman–Crippen LogP) is 4.32. The molecule has 0 aliphatic carbocycles. The first kappa shape index (κ1) is 23.1. The Morgan fingerprint density at radius 3 is 2.71 bits per heavy atom. The maximum atomic E-state index is 13.0. The third kappa shape index (κ3) is 4.91. The highest BCUT2D eigenvalue weighted by Gasteiger charge is 2.31. The van der Waals surface area contributed by atoms with E-state index in [-0.39, 0.29) is 18.4 Å². The predicted molar refractivity (Wildman–Crippen MR) is 126 cm³/mol. The van der Waals surface area contributed by atoms with E-state index in [2.05, 4.69) is 20.3 Å². The molecule has 0 amide bonds. The van der Waals surface area contributed by atoms with Crippen molar-refractivity contribution < 1.29 is 23.1 Å². The normalized spacial score (nSPS) is 22.1. The Bertz CT molecular complexity index is 1220. The van der Waals surface area contributed by atoms with E-state index in [1.807, 2.05) is 29.2 Å². The van der Waals surface area contributed by atoms with E-state index in [1.165, 1.54) is 6.07 Å². The third-order valence-corrected chi connectivity index (χ3v) is 6.56. The fourth-order valence-electron chi connectivity index (χ4n) is 4.57. The third-order valence-electron chi connectivity index (χ3n) is 6.56. The van der Waals surface area contributed by atoms with Gasteiger partial charge < -0.3 is 15.3 Å². The van der Waals surface area contributed by atoms with Gasteiger partial charge in [0.15, 0.2) is 0 Å². The van der Waals surface area contributed by atoms with Crippen molar-refractivity contribution in [3.05, 3.63) is 71.1 Å². The van der Waals surface area contributed by atoms with Crippen LogP contribution < -0.4 is 5.32 Å². The number of carboxylic acids is 1. The summed E-state index contributed by atoms with van der Waals surface area (Å²) in [5.74, 6) is 0.270. The van der Waals surface area contributed by atoms with Crippen LogP contribution in [0.15, 0.2) is 58.7 Å². The molecule has 1 aromatic heterocycles. The Morgan fingerprint density at radius 1 is 1.17 bits per heavy atom. The van der Waals surface area contributed by atoms with Crippen molar-refractivity contribution in [1.29, 1.82) is 0 Å². The van der Waals surface area contributed by atoms with Crippen molar-refractivity contribution in [2.45, 2.75) is 31.5 Å². The van der Waals surface area contributed by atoms with Crippen LogP contribution in [0, 0.1) is 5.92 Å². The van der Waals surface area contributed by atoms with E-state index < -0.39 is 17.7 Å². The summed E-state index contributed by atoms with van der Waals surface area (Å²) < 4.78 is 38.9. The monoisotopic (exact) mass is 483 g/mol. The zero-order valence-corrected chi connectivity index (χ0v) is 18.8. The minimum Gasteiger partial charge on any atom is -0.481 e. The Labute approximate surface area is 200 Å². The number of amidine groups is 2. The highest BCUT2D eigenvalue weighted by atomic mass is 19.4. The number of likely N-dealkylation sites (tertiary alicyclic amines) is 1. The molecule has 1 saturated heterocycles. The number of benzene rings is 1. The average molecular weight is 483 g/mol. The minimum atomic E-state index is -4.38. The number of pyridine rings is 1. The number of hydrogen-bond donors (Lipinski definition) is 2. The van der Waals surface area contributed by atoms with Crippen LogP contribution in [-0.4, -0.2) is 52.3 Å². The summed E-state index contributed by atoms with van der Waals surface area (Å²) in [6.45, 7) is 1.97. The first-order valence-electron chi connectivity index (χ1n) is 11.5. The van der Waals surface area contributed by atoms with Gasteiger partial charge in [-0.2, -0.15) is 13.2 Å². The van der Waals surface area contributed by atoms with Crippen LogP contribution in [0.25, 0.3) is 0 Å². The van der Waals surface area contributed by atoms with E-state index in [0.717, 1.165) is 42.2 Å². The molecule has 2 atom stereocenters. The minimum absolute atomic E-state index is 0.00984. The smallest absolute Gasteiger partial charge is 0.416 e. The molecule has 0 radical (unpaired) electrons. The van der Waals surface area contributed by atoms with Crippen LogP contribution in [0.1, 0.15) is 41.1 Å². The number of aliphatic imine (C=N–C) groups is 2. The van der Waals surface area contributed by atoms with E-state index in [0.29, 0.717) is 36.6 Å². The van der Waals surface area contributed by atoms with Gasteiger partial charge in [-0.05, 0) is 54.8 Å².